The molecular weight excluding hydrogens is 188 g/mol. The predicted molar refractivity (Wildman–Crippen MR) is 49.4 cm³/mol. The van der Waals surface area contributed by atoms with Crippen molar-refractivity contribution in [2.45, 2.75) is 13.0 Å². The van der Waals surface area contributed by atoms with Gasteiger partial charge in [0.2, 0.25) is 5.91 Å². The molecule has 1 amide bonds. The Hall–Kier alpha value is -1.56. The number of nitrogens with one attached hydrogen (secondary N) is 1. The van der Waals surface area contributed by atoms with Crippen LogP contribution in [0.4, 0.5) is 0 Å². The Labute approximate surface area is 81.7 Å². The zero-order chi connectivity index (χ0) is 11.0. The number of rotatable bonds is 6. The van der Waals surface area contributed by atoms with E-state index in [1.165, 1.54) is 19.3 Å². The van der Waals surface area contributed by atoms with E-state index in [-0.39, 0.29) is 0 Å². The van der Waals surface area contributed by atoms with Gasteiger partial charge >= 0.3 is 5.97 Å². The Bertz CT molecular complexity index is 227. The minimum Gasteiger partial charge on any atom is -0.500 e. The van der Waals surface area contributed by atoms with Crippen LogP contribution in [-0.4, -0.2) is 36.2 Å². The van der Waals surface area contributed by atoms with E-state index in [9.17, 15) is 9.59 Å². The molecule has 0 spiro atoms. The van der Waals surface area contributed by atoms with Crippen LogP contribution in [0, 0.1) is 0 Å². The first-order valence-corrected chi connectivity index (χ1v) is 4.06. The smallest absolute Gasteiger partial charge is 0.330 e. The van der Waals surface area contributed by atoms with Gasteiger partial charge in [0.05, 0.1) is 12.9 Å². The molecule has 0 aromatic carbocycles. The lowest BCUT2D eigenvalue weighted by molar-refractivity contribution is -0.140. The summed E-state index contributed by atoms with van der Waals surface area (Å²) in [6.45, 7) is 1.90. The highest BCUT2D eigenvalue weighted by Gasteiger charge is 2.14. The third-order valence-electron chi connectivity index (χ3n) is 1.23. The number of nitrogens with two attached hydrogens (primary N) is 1. The SMILES string of the molecule is CC(=O)NC(/C=C/OCCN)C(=O)O. The molecule has 1 unspecified atom stereocenters. The first-order valence-electron chi connectivity index (χ1n) is 4.06. The van der Waals surface area contributed by atoms with Crippen molar-refractivity contribution in [1.82, 2.24) is 5.32 Å². The van der Waals surface area contributed by atoms with Gasteiger partial charge in [-0.3, -0.25) is 4.79 Å². The van der Waals surface area contributed by atoms with Crippen molar-refractivity contribution in [2.75, 3.05) is 13.2 Å². The molecule has 0 saturated carbocycles. The lowest BCUT2D eigenvalue weighted by atomic mass is 10.3. The highest BCUT2D eigenvalue weighted by atomic mass is 16.5. The number of carbonyl (C=O) groups excluding carboxylic acids is 1. The van der Waals surface area contributed by atoms with Crippen LogP contribution in [-0.2, 0) is 14.3 Å². The van der Waals surface area contributed by atoms with Crippen LogP contribution >= 0.6 is 0 Å². The normalized spacial score (nSPS) is 12.4. The van der Waals surface area contributed by atoms with E-state index in [1.807, 2.05) is 0 Å². The number of aliphatic carboxylic acids is 1. The zero-order valence-corrected chi connectivity index (χ0v) is 7.90. The molecular formula is C8H14N2O4. The van der Waals surface area contributed by atoms with Crippen LogP contribution in [0.25, 0.3) is 0 Å². The van der Waals surface area contributed by atoms with Crippen molar-refractivity contribution in [1.29, 1.82) is 0 Å². The van der Waals surface area contributed by atoms with Gasteiger partial charge in [0.1, 0.15) is 6.04 Å². The van der Waals surface area contributed by atoms with Gasteiger partial charge in [-0.15, -0.1) is 0 Å². The maximum absolute atomic E-state index is 10.6. The van der Waals surface area contributed by atoms with Gasteiger partial charge in [-0.25, -0.2) is 4.79 Å². The van der Waals surface area contributed by atoms with Crippen molar-refractivity contribution in [3.8, 4) is 0 Å². The van der Waals surface area contributed by atoms with Crippen LogP contribution in [0.5, 0.6) is 0 Å². The van der Waals surface area contributed by atoms with E-state index in [2.05, 4.69) is 5.32 Å². The quantitative estimate of drug-likeness (QED) is 0.381. The molecule has 6 nitrogen and oxygen atoms in total. The van der Waals surface area contributed by atoms with E-state index in [4.69, 9.17) is 15.6 Å². The van der Waals surface area contributed by atoms with E-state index < -0.39 is 17.9 Å². The second-order valence-electron chi connectivity index (χ2n) is 2.50. The van der Waals surface area contributed by atoms with E-state index >= 15 is 0 Å². The number of amides is 1. The van der Waals surface area contributed by atoms with Gasteiger partial charge in [-0.05, 0) is 6.08 Å². The van der Waals surface area contributed by atoms with Gasteiger partial charge in [-0.1, -0.05) is 0 Å². The molecule has 0 aliphatic carbocycles. The third-order valence-corrected chi connectivity index (χ3v) is 1.23. The van der Waals surface area contributed by atoms with Crippen molar-refractivity contribution in [3.63, 3.8) is 0 Å². The molecule has 0 fully saturated rings. The molecule has 0 aromatic heterocycles. The summed E-state index contributed by atoms with van der Waals surface area (Å²) in [5, 5.41) is 10.9. The molecule has 6 heteroatoms. The fraction of sp³-hybridized carbons (Fsp3) is 0.500. The van der Waals surface area contributed by atoms with E-state index in [0.717, 1.165) is 0 Å². The van der Waals surface area contributed by atoms with Crippen molar-refractivity contribution in [3.05, 3.63) is 12.3 Å². The zero-order valence-electron chi connectivity index (χ0n) is 7.90. The second-order valence-corrected chi connectivity index (χ2v) is 2.50. The van der Waals surface area contributed by atoms with Crippen molar-refractivity contribution >= 4 is 11.9 Å². The van der Waals surface area contributed by atoms with E-state index in [1.54, 1.807) is 0 Å². The summed E-state index contributed by atoms with van der Waals surface area (Å²) < 4.78 is 4.82. The molecule has 0 heterocycles. The lowest BCUT2D eigenvalue weighted by Crippen LogP contribution is -2.37. The number of carboxylic acids is 1. The number of carboxylic acid groups (broad SMARTS) is 1. The number of carbonyl (C=O) groups is 2. The molecule has 0 bridgehead atoms. The van der Waals surface area contributed by atoms with Crippen molar-refractivity contribution in [2.24, 2.45) is 5.73 Å². The summed E-state index contributed by atoms with van der Waals surface area (Å²) in [7, 11) is 0. The van der Waals surface area contributed by atoms with Gasteiger partial charge in [0, 0.05) is 13.5 Å². The molecule has 0 aliphatic rings. The summed E-state index contributed by atoms with van der Waals surface area (Å²) in [4.78, 5) is 21.1. The Morgan fingerprint density at radius 2 is 2.29 bits per heavy atom. The first kappa shape index (κ1) is 12.4. The minimum absolute atomic E-state index is 0.308. The maximum atomic E-state index is 10.6. The Balaban J connectivity index is 4.02. The van der Waals surface area contributed by atoms with Gasteiger partial charge in [0.25, 0.3) is 0 Å². The summed E-state index contributed by atoms with van der Waals surface area (Å²) in [5.41, 5.74) is 5.14. The summed E-state index contributed by atoms with van der Waals surface area (Å²) >= 11 is 0. The second kappa shape index (κ2) is 6.90. The van der Waals surface area contributed by atoms with Crippen LogP contribution < -0.4 is 11.1 Å². The standard InChI is InChI=1S/C8H14N2O4/c1-6(11)10-7(8(12)13)2-4-14-5-3-9/h2,4,7H,3,5,9H2,1H3,(H,10,11)(H,12,13)/b4-2+. The fourth-order valence-corrected chi connectivity index (χ4v) is 0.681. The Morgan fingerprint density at radius 1 is 1.64 bits per heavy atom. The molecule has 0 rings (SSSR count). The topological polar surface area (TPSA) is 102 Å². The average molecular weight is 202 g/mol. The van der Waals surface area contributed by atoms with Gasteiger partial charge < -0.3 is 20.9 Å². The minimum atomic E-state index is -1.15. The molecule has 4 N–H and O–H groups in total. The lowest BCUT2D eigenvalue weighted by Gasteiger charge is -2.07. The molecule has 1 atom stereocenters. The fourth-order valence-electron chi connectivity index (χ4n) is 0.681. The molecule has 0 radical (unpaired) electrons. The Kier molecular flexibility index (Phi) is 6.13. The summed E-state index contributed by atoms with van der Waals surface area (Å²) in [6, 6.07) is -1.06. The van der Waals surface area contributed by atoms with Crippen LogP contribution in [0.15, 0.2) is 12.3 Å². The number of hydrogen-bond acceptors (Lipinski definition) is 4. The van der Waals surface area contributed by atoms with Crippen molar-refractivity contribution < 1.29 is 19.4 Å². The summed E-state index contributed by atoms with van der Waals surface area (Å²) in [5.74, 6) is -1.56. The molecule has 80 valence electrons. The third kappa shape index (κ3) is 6.01. The number of ether oxygens (including phenoxy) is 1. The van der Waals surface area contributed by atoms with Gasteiger partial charge in [-0.2, -0.15) is 0 Å². The highest BCUT2D eigenvalue weighted by Crippen LogP contribution is 1.88. The van der Waals surface area contributed by atoms with Crippen LogP contribution in [0.3, 0.4) is 0 Å². The highest BCUT2D eigenvalue weighted by molar-refractivity contribution is 5.83. The van der Waals surface area contributed by atoms with Crippen LogP contribution in [0.2, 0.25) is 0 Å². The Morgan fingerprint density at radius 3 is 2.71 bits per heavy atom. The largest absolute Gasteiger partial charge is 0.500 e. The van der Waals surface area contributed by atoms with Gasteiger partial charge in [0.15, 0.2) is 0 Å². The summed E-state index contributed by atoms with van der Waals surface area (Å²) in [6.07, 6.45) is 2.45. The average Bonchev–Trinajstić information content (AvgIpc) is 2.09. The van der Waals surface area contributed by atoms with Crippen LogP contribution in [0.1, 0.15) is 6.92 Å². The van der Waals surface area contributed by atoms with E-state index in [0.29, 0.717) is 13.2 Å². The maximum Gasteiger partial charge on any atom is 0.330 e. The number of hydrogen-bond donors (Lipinski definition) is 3. The molecule has 0 saturated heterocycles. The molecule has 0 aromatic rings. The molecule has 14 heavy (non-hydrogen) atoms. The monoisotopic (exact) mass is 202 g/mol. The first-order chi connectivity index (χ1) is 6.57. The predicted octanol–water partition coefficient (Wildman–Crippen LogP) is -0.935. The molecule has 0 aliphatic heterocycles.